The van der Waals surface area contributed by atoms with Gasteiger partial charge in [-0.15, -0.1) is 0 Å². The lowest BCUT2D eigenvalue weighted by Crippen LogP contribution is -2.61. The molecule has 0 aliphatic heterocycles. The standard InChI is InChI=1S/C24H35N5O7/c1-4-12(2)19(25)22(33)28-18(11-30)21(32)29-20(13(3)31)23(34)27-17(24(35)36)9-14-10-26-16-8-6-5-7-15(14)16/h5-8,10,12-13,17-20,26,30-31H,4,9,11,25H2,1-3H3,(H,27,34)(H,28,33)(H,29,32)(H,35,36). The van der Waals surface area contributed by atoms with Gasteiger partial charge in [0.1, 0.15) is 18.1 Å². The molecule has 12 nitrogen and oxygen atoms in total. The lowest BCUT2D eigenvalue weighted by atomic mass is 9.99. The maximum absolute atomic E-state index is 12.9. The number of rotatable bonds is 13. The van der Waals surface area contributed by atoms with Crippen molar-refractivity contribution in [1.29, 1.82) is 0 Å². The van der Waals surface area contributed by atoms with E-state index < -0.39 is 60.6 Å². The van der Waals surface area contributed by atoms with E-state index in [9.17, 15) is 34.5 Å². The van der Waals surface area contributed by atoms with Crippen LogP contribution in [0, 0.1) is 5.92 Å². The SMILES string of the molecule is CCC(C)C(N)C(=O)NC(CO)C(=O)NC(C(=O)NC(Cc1c[nH]c2ccccc12)C(=O)O)C(C)O. The third kappa shape index (κ3) is 7.26. The number of nitrogens with one attached hydrogen (secondary N) is 4. The number of carboxylic acid groups (broad SMARTS) is 1. The maximum atomic E-state index is 12.9. The highest BCUT2D eigenvalue weighted by molar-refractivity contribution is 5.94. The number of aliphatic hydroxyl groups excluding tert-OH is 2. The molecule has 0 fully saturated rings. The zero-order valence-corrected chi connectivity index (χ0v) is 20.5. The first kappa shape index (κ1) is 28.8. The van der Waals surface area contributed by atoms with Gasteiger partial charge in [-0.1, -0.05) is 38.5 Å². The van der Waals surface area contributed by atoms with Crippen LogP contribution in [0.15, 0.2) is 30.5 Å². The second kappa shape index (κ2) is 13.0. The summed E-state index contributed by atoms with van der Waals surface area (Å²) in [5, 5.41) is 37.1. The highest BCUT2D eigenvalue weighted by Crippen LogP contribution is 2.19. The zero-order chi connectivity index (χ0) is 27.0. The zero-order valence-electron chi connectivity index (χ0n) is 20.5. The Morgan fingerprint density at radius 1 is 1.00 bits per heavy atom. The average Bonchev–Trinajstić information content (AvgIpc) is 3.26. The van der Waals surface area contributed by atoms with E-state index in [1.165, 1.54) is 6.92 Å². The number of carbonyl (C=O) groups is 4. The van der Waals surface area contributed by atoms with Gasteiger partial charge < -0.3 is 42.0 Å². The molecule has 0 saturated carbocycles. The molecular formula is C24H35N5O7. The third-order valence-corrected chi connectivity index (χ3v) is 6.15. The molecule has 9 N–H and O–H groups in total. The first-order chi connectivity index (χ1) is 17.0. The van der Waals surface area contributed by atoms with E-state index in [4.69, 9.17) is 5.73 Å². The predicted octanol–water partition coefficient (Wildman–Crippen LogP) is -1.00. The van der Waals surface area contributed by atoms with Crippen molar-refractivity contribution in [1.82, 2.24) is 20.9 Å². The number of hydrogen-bond acceptors (Lipinski definition) is 7. The first-order valence-electron chi connectivity index (χ1n) is 11.7. The van der Waals surface area contributed by atoms with Crippen LogP contribution in [0.2, 0.25) is 0 Å². The molecule has 1 heterocycles. The fraction of sp³-hybridized carbons (Fsp3) is 0.500. The van der Waals surface area contributed by atoms with Crippen LogP contribution in [0.1, 0.15) is 32.8 Å². The Morgan fingerprint density at radius 2 is 1.64 bits per heavy atom. The number of aromatic nitrogens is 1. The summed E-state index contributed by atoms with van der Waals surface area (Å²) in [6.45, 7) is 4.08. The summed E-state index contributed by atoms with van der Waals surface area (Å²) in [5.41, 5.74) is 7.33. The Morgan fingerprint density at radius 3 is 2.22 bits per heavy atom. The average molecular weight is 506 g/mol. The van der Waals surface area contributed by atoms with E-state index in [1.54, 1.807) is 19.2 Å². The highest BCUT2D eigenvalue weighted by atomic mass is 16.4. The largest absolute Gasteiger partial charge is 0.480 e. The number of para-hydroxylation sites is 1. The highest BCUT2D eigenvalue weighted by Gasteiger charge is 2.33. The number of aromatic amines is 1. The minimum atomic E-state index is -1.54. The van der Waals surface area contributed by atoms with Crippen molar-refractivity contribution in [3.05, 3.63) is 36.0 Å². The Hall–Kier alpha value is -3.48. The summed E-state index contributed by atoms with van der Waals surface area (Å²) >= 11 is 0. The van der Waals surface area contributed by atoms with Gasteiger partial charge in [0, 0.05) is 23.5 Å². The fourth-order valence-corrected chi connectivity index (χ4v) is 3.62. The van der Waals surface area contributed by atoms with Gasteiger partial charge >= 0.3 is 5.97 Å². The molecule has 3 amide bonds. The number of hydrogen-bond donors (Lipinski definition) is 8. The Balaban J connectivity index is 2.10. The number of aliphatic carboxylic acids is 1. The quantitative estimate of drug-likeness (QED) is 0.169. The molecule has 0 aliphatic rings. The molecule has 0 aliphatic carbocycles. The van der Waals surface area contributed by atoms with Gasteiger partial charge in [0.2, 0.25) is 17.7 Å². The minimum Gasteiger partial charge on any atom is -0.480 e. The van der Waals surface area contributed by atoms with Crippen LogP contribution in [-0.2, 0) is 25.6 Å². The first-order valence-corrected chi connectivity index (χ1v) is 11.7. The monoisotopic (exact) mass is 505 g/mol. The van der Waals surface area contributed by atoms with Crippen molar-refractivity contribution in [2.75, 3.05) is 6.61 Å². The molecule has 0 spiro atoms. The van der Waals surface area contributed by atoms with Gasteiger partial charge in [0.15, 0.2) is 0 Å². The molecule has 6 unspecified atom stereocenters. The van der Waals surface area contributed by atoms with Crippen molar-refractivity contribution in [3.63, 3.8) is 0 Å². The van der Waals surface area contributed by atoms with E-state index in [0.717, 1.165) is 10.9 Å². The van der Waals surface area contributed by atoms with Gasteiger partial charge in [-0.3, -0.25) is 14.4 Å². The second-order valence-corrected chi connectivity index (χ2v) is 8.84. The molecule has 36 heavy (non-hydrogen) atoms. The van der Waals surface area contributed by atoms with E-state index in [1.807, 2.05) is 25.1 Å². The van der Waals surface area contributed by atoms with Crippen LogP contribution in [0.3, 0.4) is 0 Å². The van der Waals surface area contributed by atoms with E-state index >= 15 is 0 Å². The van der Waals surface area contributed by atoms with Crippen molar-refractivity contribution in [3.8, 4) is 0 Å². The molecule has 2 rings (SSSR count). The number of fused-ring (bicyclic) bond motifs is 1. The smallest absolute Gasteiger partial charge is 0.326 e. The lowest BCUT2D eigenvalue weighted by Gasteiger charge is -2.26. The van der Waals surface area contributed by atoms with E-state index in [2.05, 4.69) is 20.9 Å². The Bertz CT molecular complexity index is 1070. The van der Waals surface area contributed by atoms with Crippen molar-refractivity contribution in [2.45, 2.75) is 63.9 Å². The van der Waals surface area contributed by atoms with E-state index in [0.29, 0.717) is 12.0 Å². The third-order valence-electron chi connectivity index (χ3n) is 6.15. The molecule has 2 aromatic rings. The molecule has 12 heteroatoms. The van der Waals surface area contributed by atoms with Crippen molar-refractivity contribution in [2.24, 2.45) is 11.7 Å². The second-order valence-electron chi connectivity index (χ2n) is 8.84. The summed E-state index contributed by atoms with van der Waals surface area (Å²) in [6.07, 6.45) is 0.820. The summed E-state index contributed by atoms with van der Waals surface area (Å²) < 4.78 is 0. The summed E-state index contributed by atoms with van der Waals surface area (Å²) in [5.74, 6) is -4.00. The number of benzene rings is 1. The normalized spacial score (nSPS) is 16.3. The van der Waals surface area contributed by atoms with Gasteiger partial charge in [-0.25, -0.2) is 4.79 Å². The van der Waals surface area contributed by atoms with Gasteiger partial charge in [0.05, 0.1) is 18.8 Å². The molecule has 0 bridgehead atoms. The Labute approximate surface area is 208 Å². The van der Waals surface area contributed by atoms with Crippen LogP contribution in [0.25, 0.3) is 10.9 Å². The minimum absolute atomic E-state index is 0.0472. The Kier molecular flexibility index (Phi) is 10.4. The van der Waals surface area contributed by atoms with Gasteiger partial charge in [0.25, 0.3) is 0 Å². The molecule has 6 atom stereocenters. The van der Waals surface area contributed by atoms with Crippen LogP contribution in [0.5, 0.6) is 0 Å². The number of carbonyl (C=O) groups excluding carboxylic acids is 3. The van der Waals surface area contributed by atoms with Gasteiger partial charge in [-0.2, -0.15) is 0 Å². The predicted molar refractivity (Wildman–Crippen MR) is 132 cm³/mol. The van der Waals surface area contributed by atoms with Crippen molar-refractivity contribution >= 4 is 34.6 Å². The molecule has 0 radical (unpaired) electrons. The van der Waals surface area contributed by atoms with Crippen LogP contribution in [0.4, 0.5) is 0 Å². The number of carboxylic acids is 1. The van der Waals surface area contributed by atoms with Crippen LogP contribution in [-0.4, -0.2) is 80.9 Å². The lowest BCUT2D eigenvalue weighted by molar-refractivity contribution is -0.143. The molecule has 1 aromatic heterocycles. The van der Waals surface area contributed by atoms with Gasteiger partial charge in [-0.05, 0) is 24.5 Å². The molecular weight excluding hydrogens is 470 g/mol. The van der Waals surface area contributed by atoms with Crippen LogP contribution >= 0.6 is 0 Å². The topological polar surface area (TPSA) is 207 Å². The van der Waals surface area contributed by atoms with E-state index in [-0.39, 0.29) is 12.3 Å². The molecule has 198 valence electrons. The summed E-state index contributed by atoms with van der Waals surface area (Å²) in [4.78, 5) is 52.8. The maximum Gasteiger partial charge on any atom is 0.326 e. The molecule has 1 aromatic carbocycles. The number of nitrogens with two attached hydrogens (primary N) is 1. The van der Waals surface area contributed by atoms with Crippen LogP contribution < -0.4 is 21.7 Å². The molecule has 0 saturated heterocycles. The summed E-state index contributed by atoms with van der Waals surface area (Å²) in [6, 6.07) is 2.05. The summed E-state index contributed by atoms with van der Waals surface area (Å²) in [7, 11) is 0. The van der Waals surface area contributed by atoms with Crippen molar-refractivity contribution < 1.29 is 34.5 Å². The number of H-pyrrole nitrogens is 1. The fourth-order valence-electron chi connectivity index (χ4n) is 3.62. The number of amides is 3. The number of aliphatic hydroxyl groups is 2.